The van der Waals surface area contributed by atoms with Crippen LogP contribution in [0.5, 0.6) is 0 Å². The molecule has 2 aromatic carbocycles. The molecule has 7 nitrogen and oxygen atoms in total. The van der Waals surface area contributed by atoms with Crippen molar-refractivity contribution in [3.63, 3.8) is 0 Å². The number of halogens is 1. The highest BCUT2D eigenvalue weighted by atomic mass is 19.1. The summed E-state index contributed by atoms with van der Waals surface area (Å²) >= 11 is 0. The Balaban J connectivity index is 1.32. The number of nitrogens with one attached hydrogen (secondary N) is 1. The van der Waals surface area contributed by atoms with Gasteiger partial charge < -0.3 is 4.90 Å². The van der Waals surface area contributed by atoms with Gasteiger partial charge in [0.15, 0.2) is 5.65 Å². The van der Waals surface area contributed by atoms with E-state index in [1.165, 1.54) is 22.8 Å². The predicted octanol–water partition coefficient (Wildman–Crippen LogP) is 3.51. The minimum Gasteiger partial charge on any atom is -0.338 e. The fourth-order valence-electron chi connectivity index (χ4n) is 4.08. The molecule has 4 aromatic rings. The third-order valence-electron chi connectivity index (χ3n) is 5.63. The number of hydrogen-bond donors (Lipinski definition) is 1. The number of anilines is 1. The van der Waals surface area contributed by atoms with Crippen molar-refractivity contribution < 1.29 is 14.0 Å². The second-order valence-electron chi connectivity index (χ2n) is 7.69. The maximum absolute atomic E-state index is 13.3. The van der Waals surface area contributed by atoms with Crippen molar-refractivity contribution >= 4 is 34.2 Å². The van der Waals surface area contributed by atoms with Crippen molar-refractivity contribution in [1.29, 1.82) is 0 Å². The summed E-state index contributed by atoms with van der Waals surface area (Å²) in [6.07, 6.45) is 2.61. The standard InChI is InChI=1S/C23H20FN5O2/c24-17-10-11-20-25-23(27-29(20)14-17)26-21(30)16-7-4-12-28(13-16)22(31)19-9-3-6-15-5-1-2-8-18(15)19/h1-3,5-6,8-11,14,16H,4,7,12-13H2,(H,26,27,30). The summed E-state index contributed by atoms with van der Waals surface area (Å²) in [6, 6.07) is 16.2. The van der Waals surface area contributed by atoms with Crippen LogP contribution in [-0.2, 0) is 4.79 Å². The maximum Gasteiger partial charge on any atom is 0.254 e. The monoisotopic (exact) mass is 417 g/mol. The lowest BCUT2D eigenvalue weighted by atomic mass is 9.95. The second-order valence-corrected chi connectivity index (χ2v) is 7.69. The van der Waals surface area contributed by atoms with Gasteiger partial charge in [-0.3, -0.25) is 14.9 Å². The number of benzene rings is 2. The van der Waals surface area contributed by atoms with Gasteiger partial charge in [0.25, 0.3) is 5.91 Å². The van der Waals surface area contributed by atoms with Crippen LogP contribution in [0.4, 0.5) is 10.3 Å². The van der Waals surface area contributed by atoms with Gasteiger partial charge in [-0.05, 0) is 41.8 Å². The number of pyridine rings is 1. The number of piperidine rings is 1. The average Bonchev–Trinajstić information content (AvgIpc) is 3.19. The molecule has 0 bridgehead atoms. The molecule has 8 heteroatoms. The van der Waals surface area contributed by atoms with Gasteiger partial charge >= 0.3 is 0 Å². The molecular formula is C23H20FN5O2. The van der Waals surface area contributed by atoms with E-state index >= 15 is 0 Å². The van der Waals surface area contributed by atoms with E-state index in [1.807, 2.05) is 42.5 Å². The smallest absolute Gasteiger partial charge is 0.254 e. The van der Waals surface area contributed by atoms with Gasteiger partial charge in [0.2, 0.25) is 11.9 Å². The minimum absolute atomic E-state index is 0.0735. The van der Waals surface area contributed by atoms with E-state index in [9.17, 15) is 14.0 Å². The molecule has 0 radical (unpaired) electrons. The molecular weight excluding hydrogens is 397 g/mol. The first-order valence-corrected chi connectivity index (χ1v) is 10.2. The summed E-state index contributed by atoms with van der Waals surface area (Å²) in [5, 5.41) is 8.72. The lowest BCUT2D eigenvalue weighted by Crippen LogP contribution is -2.43. The molecule has 1 saturated heterocycles. The molecule has 1 unspecified atom stereocenters. The van der Waals surface area contributed by atoms with Gasteiger partial charge in [0.05, 0.1) is 12.1 Å². The van der Waals surface area contributed by atoms with Crippen molar-refractivity contribution in [1.82, 2.24) is 19.5 Å². The number of nitrogens with zero attached hydrogens (tertiary/aromatic N) is 4. The van der Waals surface area contributed by atoms with Crippen molar-refractivity contribution in [3.05, 3.63) is 72.2 Å². The number of amides is 2. The summed E-state index contributed by atoms with van der Waals surface area (Å²) in [7, 11) is 0. The molecule has 31 heavy (non-hydrogen) atoms. The average molecular weight is 417 g/mol. The summed E-state index contributed by atoms with van der Waals surface area (Å²) in [5.41, 5.74) is 1.08. The molecule has 1 aliphatic rings. The molecule has 3 heterocycles. The number of fused-ring (bicyclic) bond motifs is 2. The lowest BCUT2D eigenvalue weighted by molar-refractivity contribution is -0.121. The summed E-state index contributed by atoms with van der Waals surface area (Å²) in [6.45, 7) is 0.938. The zero-order chi connectivity index (χ0) is 21.4. The third-order valence-corrected chi connectivity index (χ3v) is 5.63. The van der Waals surface area contributed by atoms with E-state index in [1.54, 1.807) is 4.90 Å². The number of likely N-dealkylation sites (tertiary alicyclic amines) is 1. The van der Waals surface area contributed by atoms with Crippen molar-refractivity contribution in [2.24, 2.45) is 5.92 Å². The Morgan fingerprint density at radius 1 is 1.06 bits per heavy atom. The SMILES string of the molecule is O=C(Nc1nc2ccc(F)cn2n1)C1CCCN(C(=O)c2cccc3ccccc23)C1. The van der Waals surface area contributed by atoms with Crippen LogP contribution in [0.15, 0.2) is 60.8 Å². The molecule has 0 aliphatic carbocycles. The topological polar surface area (TPSA) is 79.6 Å². The lowest BCUT2D eigenvalue weighted by Gasteiger charge is -2.32. The van der Waals surface area contributed by atoms with Crippen LogP contribution in [-0.4, -0.2) is 44.4 Å². The van der Waals surface area contributed by atoms with E-state index in [-0.39, 0.29) is 23.7 Å². The fraction of sp³-hybridized carbons (Fsp3) is 0.217. The number of hydrogen-bond acceptors (Lipinski definition) is 4. The van der Waals surface area contributed by atoms with Crippen LogP contribution in [0.1, 0.15) is 23.2 Å². The first kappa shape index (κ1) is 19.2. The number of rotatable bonds is 3. The zero-order valence-corrected chi connectivity index (χ0v) is 16.7. The Morgan fingerprint density at radius 2 is 1.90 bits per heavy atom. The van der Waals surface area contributed by atoms with Crippen LogP contribution in [0.3, 0.4) is 0 Å². The molecule has 2 amide bonds. The van der Waals surface area contributed by atoms with E-state index in [0.29, 0.717) is 30.7 Å². The molecule has 0 saturated carbocycles. The second kappa shape index (κ2) is 7.79. The predicted molar refractivity (Wildman–Crippen MR) is 114 cm³/mol. The quantitative estimate of drug-likeness (QED) is 0.553. The first-order valence-electron chi connectivity index (χ1n) is 10.2. The molecule has 156 valence electrons. The highest BCUT2D eigenvalue weighted by Gasteiger charge is 2.30. The molecule has 0 spiro atoms. The third kappa shape index (κ3) is 3.72. The van der Waals surface area contributed by atoms with E-state index in [4.69, 9.17) is 0 Å². The Labute approximate surface area is 177 Å². The van der Waals surface area contributed by atoms with Gasteiger partial charge in [0, 0.05) is 18.7 Å². The Morgan fingerprint density at radius 3 is 2.81 bits per heavy atom. The first-order chi connectivity index (χ1) is 15.1. The molecule has 2 aromatic heterocycles. The molecule has 1 aliphatic heterocycles. The molecule has 1 atom stereocenters. The summed E-state index contributed by atoms with van der Waals surface area (Å²) in [4.78, 5) is 32.0. The van der Waals surface area contributed by atoms with E-state index in [0.717, 1.165) is 17.2 Å². The fourth-order valence-corrected chi connectivity index (χ4v) is 4.08. The Hall–Kier alpha value is -3.81. The minimum atomic E-state index is -0.440. The van der Waals surface area contributed by atoms with Gasteiger partial charge in [0.1, 0.15) is 5.82 Å². The Kier molecular flexibility index (Phi) is 4.82. The van der Waals surface area contributed by atoms with Crippen LogP contribution in [0.25, 0.3) is 16.4 Å². The normalized spacial score (nSPS) is 16.5. The van der Waals surface area contributed by atoms with Crippen LogP contribution < -0.4 is 5.32 Å². The van der Waals surface area contributed by atoms with Crippen LogP contribution >= 0.6 is 0 Å². The number of aromatic nitrogens is 3. The molecule has 5 rings (SSSR count). The van der Waals surface area contributed by atoms with Crippen molar-refractivity contribution in [2.45, 2.75) is 12.8 Å². The van der Waals surface area contributed by atoms with Crippen molar-refractivity contribution in [3.8, 4) is 0 Å². The summed E-state index contributed by atoms with van der Waals surface area (Å²) in [5.74, 6) is -1.00. The van der Waals surface area contributed by atoms with Gasteiger partial charge in [-0.25, -0.2) is 8.91 Å². The highest BCUT2D eigenvalue weighted by molar-refractivity contribution is 6.07. The molecule has 1 N–H and O–H groups in total. The largest absolute Gasteiger partial charge is 0.338 e. The van der Waals surface area contributed by atoms with Gasteiger partial charge in [-0.2, -0.15) is 4.98 Å². The maximum atomic E-state index is 13.3. The summed E-state index contributed by atoms with van der Waals surface area (Å²) < 4.78 is 14.6. The van der Waals surface area contributed by atoms with Crippen LogP contribution in [0.2, 0.25) is 0 Å². The van der Waals surface area contributed by atoms with Gasteiger partial charge in [-0.15, -0.1) is 5.10 Å². The number of carbonyl (C=O) groups is 2. The zero-order valence-electron chi connectivity index (χ0n) is 16.7. The van der Waals surface area contributed by atoms with E-state index in [2.05, 4.69) is 15.4 Å². The van der Waals surface area contributed by atoms with Gasteiger partial charge in [-0.1, -0.05) is 36.4 Å². The van der Waals surface area contributed by atoms with Crippen molar-refractivity contribution in [2.75, 3.05) is 18.4 Å². The molecule has 1 fully saturated rings. The Bertz CT molecular complexity index is 1300. The highest BCUT2D eigenvalue weighted by Crippen LogP contribution is 2.24. The van der Waals surface area contributed by atoms with Crippen LogP contribution in [0, 0.1) is 11.7 Å². The van der Waals surface area contributed by atoms with E-state index < -0.39 is 5.82 Å². The number of carbonyl (C=O) groups excluding carboxylic acids is 2.